The summed E-state index contributed by atoms with van der Waals surface area (Å²) >= 11 is 0. The third kappa shape index (κ3) is 4.12. The van der Waals surface area contributed by atoms with Crippen LogP contribution in [0.2, 0.25) is 0 Å². The summed E-state index contributed by atoms with van der Waals surface area (Å²) in [6.07, 6.45) is 9.73. The van der Waals surface area contributed by atoms with Crippen molar-refractivity contribution in [1.29, 1.82) is 0 Å². The second-order valence-corrected chi connectivity index (χ2v) is 4.48. The van der Waals surface area contributed by atoms with Crippen molar-refractivity contribution in [2.45, 2.75) is 58.3 Å². The Balaban J connectivity index is 1.84. The van der Waals surface area contributed by atoms with Crippen molar-refractivity contribution >= 4 is 5.97 Å². The van der Waals surface area contributed by atoms with E-state index < -0.39 is 5.97 Å². The Bertz CT molecular complexity index is 177. The molecule has 0 aromatic heterocycles. The molecule has 0 radical (unpaired) electrons. The molecule has 2 heteroatoms. The van der Waals surface area contributed by atoms with Gasteiger partial charge in [0.2, 0.25) is 0 Å². The monoisotopic (exact) mass is 197 g/mol. The Hall–Kier alpha value is -0.530. The average Bonchev–Trinajstić information content (AvgIpc) is 2.90. The molecular weight excluding hydrogens is 176 g/mol. The highest BCUT2D eigenvalue weighted by Crippen LogP contribution is 2.41. The molecule has 0 heterocycles. The van der Waals surface area contributed by atoms with Gasteiger partial charge in [0.05, 0.1) is 0 Å². The second kappa shape index (κ2) is 6.05. The minimum Gasteiger partial charge on any atom is -0.550 e. The van der Waals surface area contributed by atoms with Gasteiger partial charge < -0.3 is 9.90 Å². The summed E-state index contributed by atoms with van der Waals surface area (Å²) < 4.78 is 0. The van der Waals surface area contributed by atoms with E-state index in [4.69, 9.17) is 0 Å². The summed E-state index contributed by atoms with van der Waals surface area (Å²) in [7, 11) is 0. The standard InChI is InChI=1S/C12H22O2/c1-2-3-4-5-6-7-8-10-9-11(10)12(13)14/h10-11H,2-9H2,1H3,(H,13,14)/p-1. The number of carboxylic acid groups (broad SMARTS) is 1. The maximum Gasteiger partial charge on any atom is 0.0448 e. The molecule has 1 fully saturated rings. The topological polar surface area (TPSA) is 40.1 Å². The van der Waals surface area contributed by atoms with Crippen molar-refractivity contribution in [3.8, 4) is 0 Å². The smallest absolute Gasteiger partial charge is 0.0448 e. The Morgan fingerprint density at radius 3 is 2.43 bits per heavy atom. The molecule has 2 nitrogen and oxygen atoms in total. The molecule has 1 saturated carbocycles. The van der Waals surface area contributed by atoms with Gasteiger partial charge in [0.15, 0.2) is 0 Å². The van der Waals surface area contributed by atoms with Gasteiger partial charge in [-0.3, -0.25) is 0 Å². The minimum atomic E-state index is -0.832. The van der Waals surface area contributed by atoms with Crippen molar-refractivity contribution < 1.29 is 9.90 Å². The average molecular weight is 197 g/mol. The lowest BCUT2D eigenvalue weighted by molar-refractivity contribution is -0.308. The molecule has 1 aliphatic carbocycles. The molecule has 2 atom stereocenters. The van der Waals surface area contributed by atoms with E-state index in [0.717, 1.165) is 12.8 Å². The van der Waals surface area contributed by atoms with Crippen LogP contribution in [0.25, 0.3) is 0 Å². The van der Waals surface area contributed by atoms with Gasteiger partial charge in [-0.05, 0) is 18.8 Å². The summed E-state index contributed by atoms with van der Waals surface area (Å²) in [5.74, 6) is -0.488. The van der Waals surface area contributed by atoms with Crippen molar-refractivity contribution in [3.63, 3.8) is 0 Å². The predicted molar refractivity (Wildman–Crippen MR) is 54.6 cm³/mol. The number of unbranched alkanes of at least 4 members (excludes halogenated alkanes) is 5. The highest BCUT2D eigenvalue weighted by Gasteiger charge is 2.36. The molecule has 2 unspecified atom stereocenters. The molecule has 14 heavy (non-hydrogen) atoms. The van der Waals surface area contributed by atoms with Crippen LogP contribution < -0.4 is 5.11 Å². The van der Waals surface area contributed by atoms with Gasteiger partial charge in [0, 0.05) is 11.9 Å². The van der Waals surface area contributed by atoms with E-state index in [1.807, 2.05) is 0 Å². The maximum atomic E-state index is 10.4. The molecular formula is C12H21O2-. The first-order chi connectivity index (χ1) is 6.75. The van der Waals surface area contributed by atoms with Gasteiger partial charge in [-0.2, -0.15) is 0 Å². The number of hydrogen-bond acceptors (Lipinski definition) is 2. The highest BCUT2D eigenvalue weighted by molar-refractivity contribution is 5.71. The van der Waals surface area contributed by atoms with Crippen molar-refractivity contribution in [3.05, 3.63) is 0 Å². The molecule has 82 valence electrons. The zero-order valence-electron chi connectivity index (χ0n) is 9.13. The highest BCUT2D eigenvalue weighted by atomic mass is 16.4. The first-order valence-corrected chi connectivity index (χ1v) is 5.96. The summed E-state index contributed by atoms with van der Waals surface area (Å²) in [5, 5.41) is 10.4. The van der Waals surface area contributed by atoms with Crippen molar-refractivity contribution in [2.75, 3.05) is 0 Å². The lowest BCUT2D eigenvalue weighted by Gasteiger charge is -2.01. The Kier molecular flexibility index (Phi) is 4.99. The molecule has 0 amide bonds. The normalized spacial score (nSPS) is 24.9. The number of carboxylic acids is 1. The van der Waals surface area contributed by atoms with Crippen molar-refractivity contribution in [1.82, 2.24) is 0 Å². The first-order valence-electron chi connectivity index (χ1n) is 5.96. The van der Waals surface area contributed by atoms with E-state index in [2.05, 4.69) is 6.92 Å². The number of aliphatic carboxylic acids is 1. The quantitative estimate of drug-likeness (QED) is 0.559. The number of hydrogen-bond donors (Lipinski definition) is 0. The van der Waals surface area contributed by atoms with Crippen LogP contribution in [0.3, 0.4) is 0 Å². The SMILES string of the molecule is CCCCCCCCC1CC1C(=O)[O-]. The minimum absolute atomic E-state index is 0.106. The molecule has 0 N–H and O–H groups in total. The van der Waals surface area contributed by atoms with Crippen LogP contribution in [0, 0.1) is 11.8 Å². The van der Waals surface area contributed by atoms with E-state index in [1.54, 1.807) is 0 Å². The second-order valence-electron chi connectivity index (χ2n) is 4.48. The molecule has 1 rings (SSSR count). The van der Waals surface area contributed by atoms with E-state index in [0.29, 0.717) is 5.92 Å². The van der Waals surface area contributed by atoms with Crippen molar-refractivity contribution in [2.24, 2.45) is 11.8 Å². The lowest BCUT2D eigenvalue weighted by atomic mass is 10.1. The van der Waals surface area contributed by atoms with Gasteiger partial charge in [-0.25, -0.2) is 0 Å². The van der Waals surface area contributed by atoms with Gasteiger partial charge in [0.25, 0.3) is 0 Å². The number of carbonyl (C=O) groups excluding carboxylic acids is 1. The summed E-state index contributed by atoms with van der Waals surface area (Å²) in [4.78, 5) is 10.4. The molecule has 0 bridgehead atoms. The van der Waals surface area contributed by atoms with Crippen LogP contribution in [-0.2, 0) is 4.79 Å². The number of carbonyl (C=O) groups is 1. The Labute approximate surface area is 86.7 Å². The maximum absolute atomic E-state index is 10.4. The number of rotatable bonds is 8. The van der Waals surface area contributed by atoms with E-state index in [9.17, 15) is 9.90 Å². The van der Waals surface area contributed by atoms with Gasteiger partial charge in [-0.1, -0.05) is 45.4 Å². The fourth-order valence-electron chi connectivity index (χ4n) is 2.04. The summed E-state index contributed by atoms with van der Waals surface area (Å²) in [6, 6.07) is 0. The molecule has 1 aliphatic rings. The first kappa shape index (κ1) is 11.5. The zero-order chi connectivity index (χ0) is 10.4. The van der Waals surface area contributed by atoms with E-state index >= 15 is 0 Å². The molecule has 0 spiro atoms. The molecule has 0 saturated heterocycles. The van der Waals surface area contributed by atoms with Crippen LogP contribution in [0.1, 0.15) is 58.3 Å². The fraction of sp³-hybridized carbons (Fsp3) is 0.917. The zero-order valence-corrected chi connectivity index (χ0v) is 9.13. The van der Waals surface area contributed by atoms with Crippen LogP contribution >= 0.6 is 0 Å². The van der Waals surface area contributed by atoms with Gasteiger partial charge in [0.1, 0.15) is 0 Å². The van der Waals surface area contributed by atoms with Crippen LogP contribution in [0.15, 0.2) is 0 Å². The largest absolute Gasteiger partial charge is 0.550 e. The van der Waals surface area contributed by atoms with Gasteiger partial charge in [-0.15, -0.1) is 0 Å². The summed E-state index contributed by atoms with van der Waals surface area (Å²) in [5.41, 5.74) is 0. The van der Waals surface area contributed by atoms with Crippen LogP contribution in [-0.4, -0.2) is 5.97 Å². The van der Waals surface area contributed by atoms with E-state index in [-0.39, 0.29) is 5.92 Å². The molecule has 0 aliphatic heterocycles. The lowest BCUT2D eigenvalue weighted by Crippen LogP contribution is -2.24. The Morgan fingerprint density at radius 1 is 1.21 bits per heavy atom. The molecule has 0 aromatic rings. The fourth-order valence-corrected chi connectivity index (χ4v) is 2.04. The van der Waals surface area contributed by atoms with E-state index in [1.165, 1.54) is 38.5 Å². The predicted octanol–water partition coefficient (Wildman–Crippen LogP) is 2.12. The third-order valence-corrected chi connectivity index (χ3v) is 3.15. The van der Waals surface area contributed by atoms with Crippen LogP contribution in [0.5, 0.6) is 0 Å². The third-order valence-electron chi connectivity index (χ3n) is 3.15. The van der Waals surface area contributed by atoms with Crippen LogP contribution in [0.4, 0.5) is 0 Å². The Morgan fingerprint density at radius 2 is 1.86 bits per heavy atom. The summed E-state index contributed by atoms with van der Waals surface area (Å²) in [6.45, 7) is 2.22. The van der Waals surface area contributed by atoms with Gasteiger partial charge >= 0.3 is 0 Å². The molecule has 0 aromatic carbocycles.